The minimum Gasteiger partial charge on any atom is -0.508 e. The van der Waals surface area contributed by atoms with Crippen molar-refractivity contribution >= 4 is 23.8 Å². The molecular weight excluding hydrogens is 492 g/mol. The lowest BCUT2D eigenvalue weighted by molar-refractivity contribution is -0.143. The van der Waals surface area contributed by atoms with Crippen LogP contribution < -0.4 is 10.6 Å². The fourth-order valence-corrected chi connectivity index (χ4v) is 3.69. The van der Waals surface area contributed by atoms with Gasteiger partial charge in [-0.05, 0) is 53.6 Å². The normalized spacial score (nSPS) is 12.1. The summed E-state index contributed by atoms with van der Waals surface area (Å²) in [6, 6.07) is 16.2. The molecule has 2 amide bonds. The molecule has 0 heterocycles. The predicted octanol–water partition coefficient (Wildman–Crippen LogP) is 2.13. The van der Waals surface area contributed by atoms with Crippen LogP contribution in [0, 0.1) is 0 Å². The Kier molecular flexibility index (Phi) is 9.42. The van der Waals surface area contributed by atoms with E-state index < -0.39 is 35.8 Å². The van der Waals surface area contributed by atoms with Crippen molar-refractivity contribution in [1.82, 2.24) is 10.6 Å². The second-order valence-corrected chi connectivity index (χ2v) is 8.42. The van der Waals surface area contributed by atoms with Gasteiger partial charge in [0.15, 0.2) is 0 Å². The Bertz CT molecular complexity index is 1190. The second-order valence-electron chi connectivity index (χ2n) is 8.42. The molecule has 198 valence electrons. The van der Waals surface area contributed by atoms with E-state index in [1.165, 1.54) is 62.8 Å². The van der Waals surface area contributed by atoms with Gasteiger partial charge in [-0.2, -0.15) is 0 Å². The van der Waals surface area contributed by atoms with E-state index in [0.717, 1.165) is 0 Å². The van der Waals surface area contributed by atoms with Crippen molar-refractivity contribution < 1.29 is 38.9 Å². The molecule has 10 nitrogen and oxygen atoms in total. The SMILES string of the molecule is COC(=O)[C@H](Cc1ccc(O)cc1)NC(=O)c1cccc(C(=O)N[C@@H](Cc2ccc(O)cc2)C(=O)OC)c1. The highest BCUT2D eigenvalue weighted by Crippen LogP contribution is 2.14. The lowest BCUT2D eigenvalue weighted by atomic mass is 10.0. The third-order valence-corrected chi connectivity index (χ3v) is 5.72. The van der Waals surface area contributed by atoms with Gasteiger partial charge in [-0.15, -0.1) is 0 Å². The molecule has 2 atom stereocenters. The molecule has 0 spiro atoms. The van der Waals surface area contributed by atoms with Crippen LogP contribution in [0.3, 0.4) is 0 Å². The molecule has 0 radical (unpaired) electrons. The van der Waals surface area contributed by atoms with Gasteiger partial charge in [0.1, 0.15) is 23.6 Å². The summed E-state index contributed by atoms with van der Waals surface area (Å²) in [5, 5.41) is 24.2. The first kappa shape index (κ1) is 27.7. The Morgan fingerprint density at radius 1 is 0.658 bits per heavy atom. The molecule has 3 rings (SSSR count). The highest BCUT2D eigenvalue weighted by atomic mass is 16.5. The summed E-state index contributed by atoms with van der Waals surface area (Å²) in [5.74, 6) is -2.39. The molecule has 0 aromatic heterocycles. The van der Waals surface area contributed by atoms with Crippen molar-refractivity contribution in [3.63, 3.8) is 0 Å². The summed E-state index contributed by atoms with van der Waals surface area (Å²) in [7, 11) is 2.41. The van der Waals surface area contributed by atoms with Gasteiger partial charge < -0.3 is 30.3 Å². The summed E-state index contributed by atoms with van der Waals surface area (Å²) < 4.78 is 9.63. The molecule has 0 unspecified atom stereocenters. The zero-order valence-electron chi connectivity index (χ0n) is 20.8. The summed E-state index contributed by atoms with van der Waals surface area (Å²) >= 11 is 0. The van der Waals surface area contributed by atoms with Gasteiger partial charge in [-0.3, -0.25) is 9.59 Å². The van der Waals surface area contributed by atoms with Gasteiger partial charge in [-0.25, -0.2) is 9.59 Å². The van der Waals surface area contributed by atoms with Crippen molar-refractivity contribution in [3.8, 4) is 11.5 Å². The molecule has 0 fully saturated rings. The molecule has 38 heavy (non-hydrogen) atoms. The Hall–Kier alpha value is -4.86. The van der Waals surface area contributed by atoms with Crippen molar-refractivity contribution in [3.05, 3.63) is 95.1 Å². The Morgan fingerprint density at radius 3 is 1.37 bits per heavy atom. The van der Waals surface area contributed by atoms with Gasteiger partial charge in [0.25, 0.3) is 11.8 Å². The van der Waals surface area contributed by atoms with E-state index in [4.69, 9.17) is 9.47 Å². The summed E-state index contributed by atoms with van der Waals surface area (Å²) in [4.78, 5) is 50.5. The Morgan fingerprint density at radius 2 is 1.03 bits per heavy atom. The first-order valence-corrected chi connectivity index (χ1v) is 11.6. The van der Waals surface area contributed by atoms with Crippen molar-refractivity contribution in [2.24, 2.45) is 0 Å². The number of phenols is 2. The van der Waals surface area contributed by atoms with E-state index in [9.17, 15) is 29.4 Å². The van der Waals surface area contributed by atoms with Crippen LogP contribution in [0.1, 0.15) is 31.8 Å². The van der Waals surface area contributed by atoms with E-state index in [1.807, 2.05) is 0 Å². The highest BCUT2D eigenvalue weighted by Gasteiger charge is 2.25. The van der Waals surface area contributed by atoms with Gasteiger partial charge >= 0.3 is 11.9 Å². The first-order valence-electron chi connectivity index (χ1n) is 11.6. The van der Waals surface area contributed by atoms with Gasteiger partial charge in [0.05, 0.1) is 14.2 Å². The number of benzene rings is 3. The largest absolute Gasteiger partial charge is 0.508 e. The molecule has 0 aliphatic rings. The lowest BCUT2D eigenvalue weighted by Gasteiger charge is -2.18. The van der Waals surface area contributed by atoms with Crippen LogP contribution in [-0.2, 0) is 31.9 Å². The number of amides is 2. The van der Waals surface area contributed by atoms with E-state index in [2.05, 4.69) is 10.6 Å². The number of carbonyl (C=O) groups is 4. The van der Waals surface area contributed by atoms with Crippen LogP contribution in [0.15, 0.2) is 72.8 Å². The zero-order valence-corrected chi connectivity index (χ0v) is 20.8. The average molecular weight is 521 g/mol. The number of rotatable bonds is 10. The number of ether oxygens (including phenoxy) is 2. The molecule has 0 aliphatic carbocycles. The fraction of sp³-hybridized carbons (Fsp3) is 0.214. The zero-order chi connectivity index (χ0) is 27.7. The summed E-state index contributed by atoms with van der Waals surface area (Å²) in [6.45, 7) is 0. The van der Waals surface area contributed by atoms with Crippen LogP contribution in [0.4, 0.5) is 0 Å². The van der Waals surface area contributed by atoms with E-state index >= 15 is 0 Å². The highest BCUT2D eigenvalue weighted by molar-refractivity contribution is 6.01. The smallest absolute Gasteiger partial charge is 0.328 e. The number of methoxy groups -OCH3 is 2. The monoisotopic (exact) mass is 520 g/mol. The fourth-order valence-electron chi connectivity index (χ4n) is 3.69. The molecule has 3 aromatic rings. The number of carbonyl (C=O) groups excluding carboxylic acids is 4. The minimum absolute atomic E-state index is 0.0694. The Balaban J connectivity index is 1.73. The lowest BCUT2D eigenvalue weighted by Crippen LogP contribution is -2.44. The number of phenolic OH excluding ortho intramolecular Hbond substituents is 2. The van der Waals surface area contributed by atoms with Gasteiger partial charge in [-0.1, -0.05) is 30.3 Å². The average Bonchev–Trinajstić information content (AvgIpc) is 2.93. The third kappa shape index (κ3) is 7.57. The van der Waals surface area contributed by atoms with Crippen LogP contribution >= 0.6 is 0 Å². The summed E-state index contributed by atoms with van der Waals surface area (Å²) in [5.41, 5.74) is 1.61. The number of aromatic hydroxyl groups is 2. The molecule has 10 heteroatoms. The molecule has 4 N–H and O–H groups in total. The van der Waals surface area contributed by atoms with Crippen molar-refractivity contribution in [2.45, 2.75) is 24.9 Å². The van der Waals surface area contributed by atoms with Crippen LogP contribution in [0.25, 0.3) is 0 Å². The number of esters is 2. The van der Waals surface area contributed by atoms with Gasteiger partial charge in [0.2, 0.25) is 0 Å². The van der Waals surface area contributed by atoms with Gasteiger partial charge in [0, 0.05) is 24.0 Å². The van der Waals surface area contributed by atoms with E-state index in [0.29, 0.717) is 11.1 Å². The van der Waals surface area contributed by atoms with E-state index in [-0.39, 0.29) is 35.5 Å². The predicted molar refractivity (Wildman–Crippen MR) is 137 cm³/mol. The molecule has 3 aromatic carbocycles. The van der Waals surface area contributed by atoms with Crippen LogP contribution in [0.2, 0.25) is 0 Å². The topological polar surface area (TPSA) is 151 Å². The standard InChI is InChI=1S/C28H28N2O8/c1-37-27(35)23(14-17-6-10-21(31)11-7-17)29-25(33)19-4-3-5-20(16-19)26(34)30-24(28(36)38-2)15-18-8-12-22(32)13-9-18/h3-13,16,23-24,31-32H,14-15H2,1-2H3,(H,29,33)(H,30,34)/t23-,24-/m0/s1. The number of nitrogens with one attached hydrogen (secondary N) is 2. The third-order valence-electron chi connectivity index (χ3n) is 5.72. The molecule has 0 saturated carbocycles. The van der Waals surface area contributed by atoms with Crippen molar-refractivity contribution in [1.29, 1.82) is 0 Å². The molecule has 0 saturated heterocycles. The minimum atomic E-state index is -1.01. The molecule has 0 bridgehead atoms. The summed E-state index contributed by atoms with van der Waals surface area (Å²) in [6.07, 6.45) is 0.244. The first-order chi connectivity index (χ1) is 18.2. The maximum atomic E-state index is 13.0. The molecular formula is C28H28N2O8. The quantitative estimate of drug-likeness (QED) is 0.297. The van der Waals surface area contributed by atoms with Crippen molar-refractivity contribution in [2.75, 3.05) is 14.2 Å². The second kappa shape index (κ2) is 12.9. The maximum Gasteiger partial charge on any atom is 0.328 e. The maximum absolute atomic E-state index is 13.0. The molecule has 0 aliphatic heterocycles. The van der Waals surface area contributed by atoms with Crippen LogP contribution in [-0.4, -0.2) is 60.3 Å². The Labute approximate surface area is 219 Å². The number of hydrogen-bond acceptors (Lipinski definition) is 8. The van der Waals surface area contributed by atoms with Crippen LogP contribution in [0.5, 0.6) is 11.5 Å². The number of hydrogen-bond donors (Lipinski definition) is 4. The van der Waals surface area contributed by atoms with E-state index in [1.54, 1.807) is 24.3 Å².